The average Bonchev–Trinajstić information content (AvgIpc) is 2.19. The molecule has 0 aromatic carbocycles. The second-order valence-electron chi connectivity index (χ2n) is 2.54. The molecule has 94 valence electrons. The van der Waals surface area contributed by atoms with Crippen LogP contribution in [0, 0.1) is 0 Å². The summed E-state index contributed by atoms with van der Waals surface area (Å²) in [5, 5.41) is 26.4. The van der Waals surface area contributed by atoms with Crippen LogP contribution in [-0.2, 0) is 33.9 Å². The van der Waals surface area contributed by atoms with E-state index in [0.717, 1.165) is 0 Å². The second-order valence-corrected chi connectivity index (χ2v) is 2.54. The predicted molar refractivity (Wildman–Crippen MR) is 53.0 cm³/mol. The van der Waals surface area contributed by atoms with E-state index in [0.29, 0.717) is 0 Å². The van der Waals surface area contributed by atoms with Crippen molar-refractivity contribution in [2.75, 3.05) is 0 Å². The molecule has 7 heteroatoms. The van der Waals surface area contributed by atoms with Crippen molar-refractivity contribution in [1.29, 1.82) is 0 Å². The number of carboxylic acids is 3. The molecule has 0 fully saturated rings. The third-order valence-electron chi connectivity index (χ3n) is 0.942. The maximum Gasteiger partial charge on any atom is 2.00 e. The Morgan fingerprint density at radius 2 is 1.18 bits per heavy atom. The van der Waals surface area contributed by atoms with Crippen molar-refractivity contribution in [3.63, 3.8) is 0 Å². The van der Waals surface area contributed by atoms with E-state index in [1.807, 2.05) is 0 Å². The van der Waals surface area contributed by atoms with Gasteiger partial charge in [0.15, 0.2) is 0 Å². The van der Waals surface area contributed by atoms with Gasteiger partial charge in [-0.15, -0.1) is 0 Å². The molecule has 0 spiro atoms. The third kappa shape index (κ3) is 52.5. The Labute approximate surface area is 113 Å². The monoisotopic (exact) mass is 296 g/mol. The summed E-state index contributed by atoms with van der Waals surface area (Å²) in [6, 6.07) is 0. The van der Waals surface area contributed by atoms with Crippen molar-refractivity contribution in [2.45, 2.75) is 33.6 Å². The van der Waals surface area contributed by atoms with E-state index in [9.17, 15) is 24.6 Å². The van der Waals surface area contributed by atoms with Gasteiger partial charge < -0.3 is 24.9 Å². The second kappa shape index (κ2) is 17.2. The van der Waals surface area contributed by atoms with Gasteiger partial charge in [0.1, 0.15) is 0 Å². The molecule has 0 aliphatic rings. The van der Waals surface area contributed by atoms with Crippen LogP contribution in [-0.4, -0.2) is 23.0 Å². The van der Waals surface area contributed by atoms with Crippen molar-refractivity contribution in [2.24, 2.45) is 0 Å². The maximum absolute atomic E-state index is 9.60. The molecule has 0 atom stereocenters. The molecule has 0 saturated carbocycles. The van der Waals surface area contributed by atoms with Gasteiger partial charge in [-0.25, -0.2) is 4.79 Å². The predicted octanol–water partition coefficient (Wildman–Crippen LogP) is -1.06. The Morgan fingerprint density at radius 1 is 1.06 bits per heavy atom. The van der Waals surface area contributed by atoms with E-state index >= 15 is 0 Å². The van der Waals surface area contributed by atoms with Crippen molar-refractivity contribution < 1.29 is 49.2 Å². The van der Waals surface area contributed by atoms with E-state index in [1.54, 1.807) is 0 Å². The van der Waals surface area contributed by atoms with Crippen molar-refractivity contribution in [3.05, 3.63) is 12.2 Å². The first-order valence-electron chi connectivity index (χ1n) is 4.47. The summed E-state index contributed by atoms with van der Waals surface area (Å²) in [5.41, 5.74) is 0.176. The summed E-state index contributed by atoms with van der Waals surface area (Å²) in [7, 11) is 0. The zero-order chi connectivity index (χ0) is 13.7. The minimum absolute atomic E-state index is 0. The van der Waals surface area contributed by atoms with Gasteiger partial charge in [-0.05, 0) is 19.8 Å². The molecule has 0 aromatic heterocycles. The molecular weight excluding hydrogens is 281 g/mol. The molecular formula is C10H16O6Zn. The number of rotatable bonds is 3. The van der Waals surface area contributed by atoms with Crippen LogP contribution in [0.4, 0.5) is 0 Å². The van der Waals surface area contributed by atoms with E-state index in [2.05, 4.69) is 6.58 Å². The number of hydrogen-bond donors (Lipinski definition) is 1. The van der Waals surface area contributed by atoms with Gasteiger partial charge in [0.2, 0.25) is 0 Å². The minimum Gasteiger partial charge on any atom is -0.550 e. The van der Waals surface area contributed by atoms with Gasteiger partial charge in [0.05, 0.1) is 0 Å². The fourth-order valence-electron chi connectivity index (χ4n) is 0. The molecule has 0 rings (SSSR count). The first kappa shape index (κ1) is 24.8. The Bertz CT molecular complexity index is 223. The van der Waals surface area contributed by atoms with Crippen LogP contribution in [0.3, 0.4) is 0 Å². The van der Waals surface area contributed by atoms with E-state index in [4.69, 9.17) is 5.11 Å². The summed E-state index contributed by atoms with van der Waals surface area (Å²) in [5.74, 6) is -2.93. The minimum atomic E-state index is -0.995. The van der Waals surface area contributed by atoms with Crippen LogP contribution in [0.2, 0.25) is 0 Å². The number of carbonyl (C=O) groups is 3. The molecule has 0 unspecified atom stereocenters. The maximum atomic E-state index is 9.60. The first-order valence-corrected chi connectivity index (χ1v) is 4.47. The van der Waals surface area contributed by atoms with Gasteiger partial charge in [-0.1, -0.05) is 20.4 Å². The Hall–Kier alpha value is -1.23. The standard InChI is InChI=1S/C4H6O2.2C3H6O2.Zn/c1-3(2)4(5)6;2*1-2-3(4)5;/h1H2,2H3,(H,5,6);2*2H2,1H3,(H,4,5);/q;;;+2/p-2. The summed E-state index contributed by atoms with van der Waals surface area (Å²) in [4.78, 5) is 28.1. The van der Waals surface area contributed by atoms with Gasteiger partial charge in [0, 0.05) is 17.5 Å². The fourth-order valence-corrected chi connectivity index (χ4v) is 0. The SMILES string of the molecule is C=C(C)C(=O)O.CCC(=O)[O-].CCC(=O)[O-].[Zn+2]. The topological polar surface area (TPSA) is 118 Å². The first-order chi connectivity index (χ1) is 7.18. The van der Waals surface area contributed by atoms with Crippen molar-refractivity contribution in [1.82, 2.24) is 0 Å². The van der Waals surface area contributed by atoms with Gasteiger partial charge in [-0.3, -0.25) is 0 Å². The Balaban J connectivity index is -0.0000000729. The van der Waals surface area contributed by atoms with Crippen LogP contribution < -0.4 is 10.2 Å². The molecule has 6 nitrogen and oxygen atoms in total. The quantitative estimate of drug-likeness (QED) is 0.524. The van der Waals surface area contributed by atoms with Crippen molar-refractivity contribution in [3.8, 4) is 0 Å². The zero-order valence-electron chi connectivity index (χ0n) is 10.3. The molecule has 0 heterocycles. The van der Waals surface area contributed by atoms with E-state index < -0.39 is 17.9 Å². The van der Waals surface area contributed by atoms with Crippen LogP contribution in [0.25, 0.3) is 0 Å². The number of carbonyl (C=O) groups excluding carboxylic acids is 2. The average molecular weight is 298 g/mol. The molecule has 0 bridgehead atoms. The Morgan fingerprint density at radius 3 is 1.18 bits per heavy atom. The third-order valence-corrected chi connectivity index (χ3v) is 0.942. The molecule has 0 aromatic rings. The van der Waals surface area contributed by atoms with Gasteiger partial charge in [0.25, 0.3) is 0 Å². The molecule has 17 heavy (non-hydrogen) atoms. The molecule has 0 radical (unpaired) electrons. The molecule has 0 aliphatic heterocycles. The summed E-state index contributed by atoms with van der Waals surface area (Å²) in [6.07, 6.45) is 0.222. The van der Waals surface area contributed by atoms with Crippen LogP contribution >= 0.6 is 0 Å². The molecule has 0 aliphatic carbocycles. The Kier molecular flexibility index (Phi) is 25.1. The van der Waals surface area contributed by atoms with Crippen LogP contribution in [0.15, 0.2) is 12.2 Å². The zero-order valence-corrected chi connectivity index (χ0v) is 13.3. The summed E-state index contributed by atoms with van der Waals surface area (Å²) < 4.78 is 0. The number of carboxylic acid groups (broad SMARTS) is 3. The largest absolute Gasteiger partial charge is 2.00 e. The summed E-state index contributed by atoms with van der Waals surface area (Å²) >= 11 is 0. The molecule has 0 saturated heterocycles. The fraction of sp³-hybridized carbons (Fsp3) is 0.500. The normalized spacial score (nSPS) is 7.00. The van der Waals surface area contributed by atoms with E-state index in [1.165, 1.54) is 20.8 Å². The molecule has 1 N–H and O–H groups in total. The van der Waals surface area contributed by atoms with Crippen LogP contribution in [0.1, 0.15) is 33.6 Å². The number of hydrogen-bond acceptors (Lipinski definition) is 5. The molecule has 0 amide bonds. The van der Waals surface area contributed by atoms with Crippen LogP contribution in [0.5, 0.6) is 0 Å². The van der Waals surface area contributed by atoms with Gasteiger partial charge in [-0.2, -0.15) is 0 Å². The van der Waals surface area contributed by atoms with E-state index in [-0.39, 0.29) is 37.9 Å². The number of aliphatic carboxylic acids is 3. The summed E-state index contributed by atoms with van der Waals surface area (Å²) in [6.45, 7) is 7.68. The van der Waals surface area contributed by atoms with Gasteiger partial charge >= 0.3 is 25.4 Å². The van der Waals surface area contributed by atoms with Crippen molar-refractivity contribution >= 4 is 17.9 Å². The smallest absolute Gasteiger partial charge is 0.550 e.